The summed E-state index contributed by atoms with van der Waals surface area (Å²) in [7, 11) is 0. The Kier molecular flexibility index (Phi) is 12.2. The maximum Gasteiger partial charge on any atom is 0.326 e. The molecule has 3 amide bonds. The number of hydrogen-bond donors (Lipinski definition) is 8. The maximum absolute atomic E-state index is 13.3. The third-order valence-electron chi connectivity index (χ3n) is 6.18. The van der Waals surface area contributed by atoms with Gasteiger partial charge < -0.3 is 42.6 Å². The molecule has 12 heteroatoms. The summed E-state index contributed by atoms with van der Waals surface area (Å²) in [6, 6.07) is 2.90. The number of rotatable bonds is 16. The van der Waals surface area contributed by atoms with Crippen LogP contribution in [0.3, 0.4) is 0 Å². The summed E-state index contributed by atoms with van der Waals surface area (Å²) >= 11 is 0. The molecule has 0 saturated carbocycles. The number of benzene rings is 1. The van der Waals surface area contributed by atoms with Crippen LogP contribution in [0.4, 0.5) is 0 Å². The number of aromatic nitrogens is 1. The molecule has 12 nitrogen and oxygen atoms in total. The molecule has 4 unspecified atom stereocenters. The smallest absolute Gasteiger partial charge is 0.326 e. The second kappa shape index (κ2) is 15.1. The molecule has 38 heavy (non-hydrogen) atoms. The minimum Gasteiger partial charge on any atom is -0.480 e. The van der Waals surface area contributed by atoms with Crippen LogP contribution in [0, 0.1) is 5.92 Å². The van der Waals surface area contributed by atoms with Crippen molar-refractivity contribution in [1.82, 2.24) is 20.9 Å². The molecule has 0 bridgehead atoms. The Morgan fingerprint density at radius 2 is 1.58 bits per heavy atom. The zero-order valence-electron chi connectivity index (χ0n) is 21.9. The van der Waals surface area contributed by atoms with E-state index in [-0.39, 0.29) is 18.8 Å². The normalized spacial score (nSPS) is 14.5. The number of hydrogen-bond acceptors (Lipinski definition) is 7. The van der Waals surface area contributed by atoms with Gasteiger partial charge in [-0.05, 0) is 43.4 Å². The van der Waals surface area contributed by atoms with Crippen molar-refractivity contribution in [1.29, 1.82) is 0 Å². The lowest BCUT2D eigenvalue weighted by molar-refractivity contribution is -0.143. The number of nitrogens with two attached hydrogens (primary N) is 2. The van der Waals surface area contributed by atoms with E-state index in [9.17, 15) is 29.4 Å². The van der Waals surface area contributed by atoms with Gasteiger partial charge in [-0.3, -0.25) is 14.4 Å². The van der Waals surface area contributed by atoms with E-state index in [0.29, 0.717) is 25.8 Å². The molecule has 0 saturated heterocycles. The van der Waals surface area contributed by atoms with Crippen LogP contribution in [0.5, 0.6) is 0 Å². The summed E-state index contributed by atoms with van der Waals surface area (Å²) in [6.07, 6.45) is 3.74. The van der Waals surface area contributed by atoms with Gasteiger partial charge in [-0.25, -0.2) is 4.79 Å². The first kappa shape index (κ1) is 30.7. The van der Waals surface area contributed by atoms with Gasteiger partial charge in [0.15, 0.2) is 0 Å². The predicted molar refractivity (Wildman–Crippen MR) is 143 cm³/mol. The Balaban J connectivity index is 2.20. The number of H-pyrrole nitrogens is 1. The van der Waals surface area contributed by atoms with Gasteiger partial charge in [0.1, 0.15) is 18.1 Å². The molecule has 0 fully saturated rings. The molecule has 0 aliphatic rings. The van der Waals surface area contributed by atoms with Gasteiger partial charge in [-0.15, -0.1) is 0 Å². The Morgan fingerprint density at radius 1 is 0.947 bits per heavy atom. The highest BCUT2D eigenvalue weighted by Crippen LogP contribution is 2.19. The van der Waals surface area contributed by atoms with Gasteiger partial charge >= 0.3 is 5.97 Å². The molecule has 0 aliphatic carbocycles. The lowest BCUT2D eigenvalue weighted by atomic mass is 10.0. The summed E-state index contributed by atoms with van der Waals surface area (Å²) in [6.45, 7) is 3.33. The maximum atomic E-state index is 13.3. The Bertz CT molecular complexity index is 1090. The zero-order valence-corrected chi connectivity index (χ0v) is 21.9. The SMILES string of the molecule is CC(C)CC(NC(=O)C(CO)NC(=O)C(Cc1c[nH]c2ccccc12)NC(=O)C(N)CCCCN)C(=O)O. The van der Waals surface area contributed by atoms with E-state index in [4.69, 9.17) is 11.5 Å². The number of carbonyl (C=O) groups is 4. The number of carbonyl (C=O) groups excluding carboxylic acids is 3. The van der Waals surface area contributed by atoms with Crippen LogP contribution in [0.2, 0.25) is 0 Å². The number of aliphatic carboxylic acids is 1. The fraction of sp³-hybridized carbons (Fsp3) is 0.538. The average Bonchev–Trinajstić information content (AvgIpc) is 3.28. The Hall–Kier alpha value is -3.48. The number of fused-ring (bicyclic) bond motifs is 1. The van der Waals surface area contributed by atoms with Gasteiger partial charge in [-0.2, -0.15) is 0 Å². The molecule has 2 aromatic rings. The molecule has 0 spiro atoms. The van der Waals surface area contributed by atoms with Gasteiger partial charge in [0.05, 0.1) is 12.6 Å². The van der Waals surface area contributed by atoms with Crippen molar-refractivity contribution in [3.05, 3.63) is 36.0 Å². The number of para-hydroxylation sites is 1. The third kappa shape index (κ3) is 9.12. The van der Waals surface area contributed by atoms with E-state index in [0.717, 1.165) is 16.5 Å². The quantitative estimate of drug-likeness (QED) is 0.135. The van der Waals surface area contributed by atoms with Crippen LogP contribution >= 0.6 is 0 Å². The van der Waals surface area contributed by atoms with Crippen LogP contribution in [-0.2, 0) is 25.6 Å². The van der Waals surface area contributed by atoms with Crippen LogP contribution in [0.15, 0.2) is 30.5 Å². The first-order valence-electron chi connectivity index (χ1n) is 12.8. The average molecular weight is 533 g/mol. The zero-order chi connectivity index (χ0) is 28.2. The number of amides is 3. The molecule has 10 N–H and O–H groups in total. The highest BCUT2D eigenvalue weighted by molar-refractivity contribution is 5.95. The number of aliphatic hydroxyl groups excluding tert-OH is 1. The minimum absolute atomic E-state index is 0.0107. The number of aliphatic hydroxyl groups is 1. The van der Waals surface area contributed by atoms with E-state index < -0.39 is 54.5 Å². The number of carboxylic acid groups (broad SMARTS) is 1. The summed E-state index contributed by atoms with van der Waals surface area (Å²) < 4.78 is 0. The largest absolute Gasteiger partial charge is 0.480 e. The summed E-state index contributed by atoms with van der Waals surface area (Å²) in [5.74, 6) is -3.33. The standard InChI is InChI=1S/C26H40N6O6/c1-15(2)11-21(26(37)38)31-25(36)22(14-33)32-24(35)20(30-23(34)18(28)8-5-6-10-27)12-16-13-29-19-9-4-3-7-17(16)19/h3-4,7,9,13,15,18,20-22,29,33H,5-6,8,10-12,14,27-28H2,1-2H3,(H,30,34)(H,31,36)(H,32,35)(H,37,38). The Labute approximate surface area is 221 Å². The van der Waals surface area contributed by atoms with E-state index in [1.54, 1.807) is 6.20 Å². The number of unbranched alkanes of at least 4 members (excludes halogenated alkanes) is 1. The monoisotopic (exact) mass is 532 g/mol. The lowest BCUT2D eigenvalue weighted by Crippen LogP contribution is -2.58. The molecular weight excluding hydrogens is 492 g/mol. The van der Waals surface area contributed by atoms with Gasteiger partial charge in [-0.1, -0.05) is 38.5 Å². The molecule has 2 rings (SSSR count). The first-order valence-corrected chi connectivity index (χ1v) is 12.8. The molecule has 1 heterocycles. The van der Waals surface area contributed by atoms with Crippen molar-refractivity contribution in [2.45, 2.75) is 70.1 Å². The first-order chi connectivity index (χ1) is 18.1. The topological polar surface area (TPSA) is 213 Å². The van der Waals surface area contributed by atoms with Gasteiger partial charge in [0.2, 0.25) is 17.7 Å². The second-order valence-electron chi connectivity index (χ2n) is 9.79. The van der Waals surface area contributed by atoms with E-state index >= 15 is 0 Å². The van der Waals surface area contributed by atoms with E-state index in [1.165, 1.54) is 0 Å². The van der Waals surface area contributed by atoms with E-state index in [1.807, 2.05) is 38.1 Å². The summed E-state index contributed by atoms with van der Waals surface area (Å²) in [5, 5.41) is 27.6. The van der Waals surface area contributed by atoms with Crippen molar-refractivity contribution in [3.8, 4) is 0 Å². The highest BCUT2D eigenvalue weighted by Gasteiger charge is 2.30. The van der Waals surface area contributed by atoms with Gasteiger partial charge in [0, 0.05) is 23.5 Å². The number of carboxylic acids is 1. The van der Waals surface area contributed by atoms with Crippen molar-refractivity contribution < 1.29 is 29.4 Å². The predicted octanol–water partition coefficient (Wildman–Crippen LogP) is -0.256. The fourth-order valence-electron chi connectivity index (χ4n) is 4.08. The molecule has 1 aromatic carbocycles. The van der Waals surface area contributed by atoms with Crippen LogP contribution in [-0.4, -0.2) is 76.2 Å². The van der Waals surface area contributed by atoms with Crippen molar-refractivity contribution >= 4 is 34.6 Å². The highest BCUT2D eigenvalue weighted by atomic mass is 16.4. The minimum atomic E-state index is -1.42. The van der Waals surface area contributed by atoms with E-state index in [2.05, 4.69) is 20.9 Å². The third-order valence-corrected chi connectivity index (χ3v) is 6.18. The van der Waals surface area contributed by atoms with Crippen molar-refractivity contribution in [2.75, 3.05) is 13.2 Å². The van der Waals surface area contributed by atoms with Crippen LogP contribution in [0.1, 0.15) is 45.1 Å². The van der Waals surface area contributed by atoms with Crippen LogP contribution in [0.25, 0.3) is 10.9 Å². The second-order valence-corrected chi connectivity index (χ2v) is 9.79. The number of nitrogens with one attached hydrogen (secondary N) is 4. The molecule has 0 aliphatic heterocycles. The molecular formula is C26H40N6O6. The van der Waals surface area contributed by atoms with Crippen molar-refractivity contribution in [3.63, 3.8) is 0 Å². The molecule has 4 atom stereocenters. The molecule has 0 radical (unpaired) electrons. The lowest BCUT2D eigenvalue weighted by Gasteiger charge is -2.24. The number of aromatic amines is 1. The van der Waals surface area contributed by atoms with Crippen molar-refractivity contribution in [2.24, 2.45) is 17.4 Å². The summed E-state index contributed by atoms with van der Waals surface area (Å²) in [5.41, 5.74) is 13.1. The van der Waals surface area contributed by atoms with Gasteiger partial charge in [0.25, 0.3) is 0 Å². The van der Waals surface area contributed by atoms with Crippen LogP contribution < -0.4 is 27.4 Å². The Morgan fingerprint density at radius 3 is 2.21 bits per heavy atom. The molecule has 1 aromatic heterocycles. The summed E-state index contributed by atoms with van der Waals surface area (Å²) in [4.78, 5) is 53.5. The molecule has 210 valence electrons. The fourth-order valence-corrected chi connectivity index (χ4v) is 4.08.